The number of ether oxygens (including phenoxy) is 1. The van der Waals surface area contributed by atoms with Gasteiger partial charge in [0.2, 0.25) is 5.91 Å². The summed E-state index contributed by atoms with van der Waals surface area (Å²) in [5.41, 5.74) is 1.69. The molecule has 0 saturated heterocycles. The number of nitrogens with zero attached hydrogens (tertiary/aromatic N) is 1. The lowest BCUT2D eigenvalue weighted by Crippen LogP contribution is -2.30. The molecule has 0 bridgehead atoms. The largest absolute Gasteiger partial charge is 0.462 e. The molecule has 0 aliphatic rings. The predicted molar refractivity (Wildman–Crippen MR) is 103 cm³/mol. The van der Waals surface area contributed by atoms with Gasteiger partial charge in [-0.2, -0.15) is 0 Å². The molecular weight excluding hydrogens is 352 g/mol. The third-order valence-electron chi connectivity index (χ3n) is 3.78. The lowest BCUT2D eigenvalue weighted by atomic mass is 10.1. The molecular formula is C19H22N2O4S. The second kappa shape index (κ2) is 8.62. The zero-order chi connectivity index (χ0) is 19.3. The second-order valence-corrected chi connectivity index (χ2v) is 6.80. The Morgan fingerprint density at radius 1 is 1.19 bits per heavy atom. The summed E-state index contributed by atoms with van der Waals surface area (Å²) in [4.78, 5) is 38.7. The van der Waals surface area contributed by atoms with Crippen LogP contribution in [0.4, 0.5) is 10.7 Å². The maximum absolute atomic E-state index is 12.4. The van der Waals surface area contributed by atoms with E-state index in [1.54, 1.807) is 18.7 Å². The number of hydrogen-bond donors (Lipinski definition) is 1. The maximum Gasteiger partial charge on any atom is 0.341 e. The summed E-state index contributed by atoms with van der Waals surface area (Å²) in [6.45, 7) is 5.15. The number of anilines is 2. The molecule has 0 aliphatic carbocycles. The molecule has 26 heavy (non-hydrogen) atoms. The highest BCUT2D eigenvalue weighted by molar-refractivity contribution is 7.18. The van der Waals surface area contributed by atoms with Crippen LogP contribution in [0.1, 0.15) is 39.4 Å². The minimum absolute atomic E-state index is 0.110. The van der Waals surface area contributed by atoms with E-state index < -0.39 is 5.97 Å². The van der Waals surface area contributed by atoms with Crippen molar-refractivity contribution >= 4 is 39.7 Å². The first kappa shape index (κ1) is 19.7. The average molecular weight is 374 g/mol. The number of esters is 1. The van der Waals surface area contributed by atoms with Crippen molar-refractivity contribution in [3.8, 4) is 0 Å². The van der Waals surface area contributed by atoms with Crippen LogP contribution in [0.3, 0.4) is 0 Å². The molecule has 138 valence electrons. The summed E-state index contributed by atoms with van der Waals surface area (Å²) >= 11 is 1.10. The number of amides is 1. The van der Waals surface area contributed by atoms with Crippen molar-refractivity contribution in [1.82, 2.24) is 0 Å². The van der Waals surface area contributed by atoms with Crippen molar-refractivity contribution in [2.24, 2.45) is 0 Å². The first-order valence-corrected chi connectivity index (χ1v) is 9.04. The van der Waals surface area contributed by atoms with Crippen LogP contribution in [0.15, 0.2) is 30.3 Å². The van der Waals surface area contributed by atoms with Gasteiger partial charge in [0.25, 0.3) is 0 Å². The first-order valence-electron chi connectivity index (χ1n) is 8.22. The van der Waals surface area contributed by atoms with Crippen LogP contribution >= 0.6 is 11.3 Å². The van der Waals surface area contributed by atoms with E-state index in [9.17, 15) is 14.4 Å². The number of benzene rings is 1. The molecule has 2 rings (SSSR count). The number of carbonyl (C=O) groups is 3. The fourth-order valence-corrected chi connectivity index (χ4v) is 3.65. The van der Waals surface area contributed by atoms with E-state index in [0.717, 1.165) is 17.0 Å². The fraction of sp³-hybridized carbons (Fsp3) is 0.316. The number of para-hydroxylation sites is 1. The molecule has 0 fully saturated rings. The molecule has 1 heterocycles. The summed E-state index contributed by atoms with van der Waals surface area (Å²) in [6.07, 6.45) is 0. The second-order valence-electron chi connectivity index (χ2n) is 5.78. The number of carbonyl (C=O) groups excluding carboxylic acids is 3. The Bertz CT molecular complexity index is 814. The molecule has 2 aromatic rings. The molecule has 1 aromatic carbocycles. The number of Topliss-reactive ketones (excluding diaryl/α,β-unsaturated/α-hetero) is 1. The summed E-state index contributed by atoms with van der Waals surface area (Å²) in [6, 6.07) is 9.50. The van der Waals surface area contributed by atoms with Gasteiger partial charge in [0.15, 0.2) is 5.78 Å². The van der Waals surface area contributed by atoms with E-state index in [1.807, 2.05) is 37.4 Å². The van der Waals surface area contributed by atoms with Gasteiger partial charge in [-0.1, -0.05) is 18.2 Å². The van der Waals surface area contributed by atoms with Crippen molar-refractivity contribution in [2.45, 2.75) is 20.8 Å². The fourth-order valence-electron chi connectivity index (χ4n) is 2.54. The minimum Gasteiger partial charge on any atom is -0.462 e. The first-order chi connectivity index (χ1) is 12.3. The van der Waals surface area contributed by atoms with Crippen molar-refractivity contribution < 1.29 is 19.1 Å². The van der Waals surface area contributed by atoms with Crippen molar-refractivity contribution in [2.75, 3.05) is 30.4 Å². The molecule has 0 radical (unpaired) electrons. The highest BCUT2D eigenvalue weighted by Gasteiger charge is 2.25. The maximum atomic E-state index is 12.4. The molecule has 0 atom stereocenters. The molecule has 6 nitrogen and oxygen atoms in total. The topological polar surface area (TPSA) is 75.7 Å². The van der Waals surface area contributed by atoms with Gasteiger partial charge in [0.05, 0.1) is 23.6 Å². The van der Waals surface area contributed by atoms with Crippen molar-refractivity contribution in [1.29, 1.82) is 0 Å². The Kier molecular flexibility index (Phi) is 6.52. The lowest BCUT2D eigenvalue weighted by Gasteiger charge is -2.18. The Hall–Kier alpha value is -2.67. The normalized spacial score (nSPS) is 10.3. The van der Waals surface area contributed by atoms with Gasteiger partial charge in [0, 0.05) is 12.7 Å². The summed E-state index contributed by atoms with van der Waals surface area (Å²) < 4.78 is 5.07. The van der Waals surface area contributed by atoms with Crippen molar-refractivity contribution in [3.63, 3.8) is 0 Å². The Balaban J connectivity index is 2.22. The summed E-state index contributed by atoms with van der Waals surface area (Å²) in [5, 5.41) is 3.10. The lowest BCUT2D eigenvalue weighted by molar-refractivity contribution is -0.114. The Morgan fingerprint density at radius 3 is 2.42 bits per heavy atom. The van der Waals surface area contributed by atoms with Crippen LogP contribution in [0, 0.1) is 6.92 Å². The highest BCUT2D eigenvalue weighted by atomic mass is 32.1. The van der Waals surface area contributed by atoms with Gasteiger partial charge in [-0.25, -0.2) is 4.79 Å². The molecule has 0 unspecified atom stereocenters. The molecule has 0 aliphatic heterocycles. The number of thiophene rings is 1. The predicted octanol–water partition coefficient (Wildman–Crippen LogP) is 3.51. The monoisotopic (exact) mass is 374 g/mol. The molecule has 7 heteroatoms. The molecule has 1 aromatic heterocycles. The minimum atomic E-state index is -0.541. The third kappa shape index (κ3) is 4.49. The zero-order valence-electron chi connectivity index (χ0n) is 15.3. The number of hydrogen-bond acceptors (Lipinski definition) is 6. The summed E-state index contributed by atoms with van der Waals surface area (Å²) in [7, 11) is 1.81. The number of nitrogens with one attached hydrogen (secondary N) is 1. The standard InChI is InChI=1S/C19H22N2O4S/c1-5-25-19(24)16-12(2)17(13(3)22)26-18(16)20-15(23)11-21(4)14-9-7-6-8-10-14/h6-10H,5,11H2,1-4H3,(H,20,23). The quantitative estimate of drug-likeness (QED) is 0.593. The van der Waals surface area contributed by atoms with E-state index in [1.165, 1.54) is 6.92 Å². The van der Waals surface area contributed by atoms with Gasteiger partial charge in [-0.05, 0) is 38.5 Å². The van der Waals surface area contributed by atoms with Gasteiger partial charge in [-0.3, -0.25) is 9.59 Å². The van der Waals surface area contributed by atoms with E-state index in [-0.39, 0.29) is 30.4 Å². The third-order valence-corrected chi connectivity index (χ3v) is 5.08. The van der Waals surface area contributed by atoms with E-state index in [2.05, 4.69) is 5.32 Å². The van der Waals surface area contributed by atoms with Crippen LogP contribution in [-0.2, 0) is 9.53 Å². The number of ketones is 1. The SMILES string of the molecule is CCOC(=O)c1c(NC(=O)CN(C)c2ccccc2)sc(C(C)=O)c1C. The van der Waals surface area contributed by atoms with E-state index >= 15 is 0 Å². The van der Waals surface area contributed by atoms with Crippen LogP contribution in [0.25, 0.3) is 0 Å². The van der Waals surface area contributed by atoms with Gasteiger partial charge >= 0.3 is 5.97 Å². The van der Waals surface area contributed by atoms with Gasteiger partial charge in [0.1, 0.15) is 5.00 Å². The molecule has 1 N–H and O–H groups in total. The molecule has 0 spiro atoms. The summed E-state index contributed by atoms with van der Waals surface area (Å²) in [5.74, 6) is -0.973. The van der Waals surface area contributed by atoms with Crippen molar-refractivity contribution in [3.05, 3.63) is 46.3 Å². The van der Waals surface area contributed by atoms with Crippen LogP contribution in [0.5, 0.6) is 0 Å². The highest BCUT2D eigenvalue weighted by Crippen LogP contribution is 2.34. The zero-order valence-corrected chi connectivity index (χ0v) is 16.1. The van der Waals surface area contributed by atoms with Gasteiger partial charge in [-0.15, -0.1) is 11.3 Å². The Morgan fingerprint density at radius 2 is 1.85 bits per heavy atom. The smallest absolute Gasteiger partial charge is 0.341 e. The van der Waals surface area contributed by atoms with Crippen LogP contribution < -0.4 is 10.2 Å². The molecule has 1 amide bonds. The van der Waals surface area contributed by atoms with E-state index in [4.69, 9.17) is 4.74 Å². The van der Waals surface area contributed by atoms with Crippen LogP contribution in [0.2, 0.25) is 0 Å². The number of rotatable bonds is 7. The van der Waals surface area contributed by atoms with E-state index in [0.29, 0.717) is 15.4 Å². The Labute approximate surface area is 156 Å². The molecule has 0 saturated carbocycles. The average Bonchev–Trinajstić information content (AvgIpc) is 2.92. The van der Waals surface area contributed by atoms with Gasteiger partial charge < -0.3 is 15.0 Å². The van der Waals surface area contributed by atoms with Crippen LogP contribution in [-0.4, -0.2) is 37.9 Å². The number of likely N-dealkylation sites (N-methyl/N-ethyl adjacent to an activating group) is 1.